The highest BCUT2D eigenvalue weighted by Gasteiger charge is 2.24. The van der Waals surface area contributed by atoms with Crippen LogP contribution in [0.1, 0.15) is 27.1 Å². The molecule has 0 aliphatic carbocycles. The van der Waals surface area contributed by atoms with Crippen molar-refractivity contribution in [2.45, 2.75) is 18.2 Å². The summed E-state index contributed by atoms with van der Waals surface area (Å²) in [5, 5.41) is 3.25. The Morgan fingerprint density at radius 1 is 1.33 bits per heavy atom. The smallest absolute Gasteiger partial charge is 0.228 e. The van der Waals surface area contributed by atoms with Crippen LogP contribution in [-0.4, -0.2) is 5.91 Å². The van der Waals surface area contributed by atoms with Crippen molar-refractivity contribution < 1.29 is 9.18 Å². The SMILES string of the molecule is Cc1cccc(C(Br)c2cc3c(cc2Cl)NC(=O)C3)c1F. The average molecular weight is 369 g/mol. The standard InChI is InChI=1S/C16H12BrClFNO/c1-8-3-2-4-10(16(8)19)15(17)11-5-9-6-14(21)20-13(9)7-12(11)18/h2-5,7,15H,6H2,1H3,(H,20,21). The minimum atomic E-state index is -0.356. The van der Waals surface area contributed by atoms with E-state index < -0.39 is 0 Å². The summed E-state index contributed by atoms with van der Waals surface area (Å²) < 4.78 is 14.3. The van der Waals surface area contributed by atoms with Crippen molar-refractivity contribution in [2.24, 2.45) is 0 Å². The molecule has 0 saturated heterocycles. The van der Waals surface area contributed by atoms with E-state index in [0.717, 1.165) is 16.8 Å². The quantitative estimate of drug-likeness (QED) is 0.760. The summed E-state index contributed by atoms with van der Waals surface area (Å²) in [4.78, 5) is 11.1. The van der Waals surface area contributed by atoms with Crippen LogP contribution in [0, 0.1) is 12.7 Å². The van der Waals surface area contributed by atoms with Gasteiger partial charge in [0.2, 0.25) is 5.91 Å². The lowest BCUT2D eigenvalue weighted by atomic mass is 9.99. The van der Waals surface area contributed by atoms with Crippen molar-refractivity contribution in [3.05, 3.63) is 63.4 Å². The van der Waals surface area contributed by atoms with Crippen LogP contribution in [0.5, 0.6) is 0 Å². The molecular formula is C16H12BrClFNO. The topological polar surface area (TPSA) is 29.1 Å². The molecule has 0 aromatic heterocycles. The second-order valence-corrected chi connectivity index (χ2v) is 6.42. The van der Waals surface area contributed by atoms with E-state index in [4.69, 9.17) is 11.6 Å². The summed E-state index contributed by atoms with van der Waals surface area (Å²) in [6.07, 6.45) is 0.329. The molecule has 1 aliphatic heterocycles. The molecular weight excluding hydrogens is 357 g/mol. The Morgan fingerprint density at radius 2 is 2.10 bits per heavy atom. The summed E-state index contributed by atoms with van der Waals surface area (Å²) >= 11 is 9.81. The molecule has 2 aromatic carbocycles. The highest BCUT2D eigenvalue weighted by molar-refractivity contribution is 9.09. The molecule has 1 N–H and O–H groups in total. The zero-order valence-electron chi connectivity index (χ0n) is 11.2. The Morgan fingerprint density at radius 3 is 2.86 bits per heavy atom. The van der Waals surface area contributed by atoms with Gasteiger partial charge in [0, 0.05) is 16.3 Å². The summed E-state index contributed by atoms with van der Waals surface area (Å²) in [6.45, 7) is 1.73. The third-order valence-electron chi connectivity index (χ3n) is 3.62. The third kappa shape index (κ3) is 2.58. The molecule has 0 saturated carbocycles. The molecule has 1 heterocycles. The van der Waals surface area contributed by atoms with E-state index in [-0.39, 0.29) is 16.6 Å². The minimum absolute atomic E-state index is 0.0499. The molecule has 0 spiro atoms. The number of carbonyl (C=O) groups excluding carboxylic acids is 1. The Bertz CT molecular complexity index is 747. The summed E-state index contributed by atoms with van der Waals surface area (Å²) in [5.41, 5.74) is 3.51. The van der Waals surface area contributed by atoms with Gasteiger partial charge >= 0.3 is 0 Å². The first-order chi connectivity index (χ1) is 9.97. The van der Waals surface area contributed by atoms with Gasteiger partial charge in [0.05, 0.1) is 11.2 Å². The van der Waals surface area contributed by atoms with Crippen molar-refractivity contribution in [1.29, 1.82) is 0 Å². The largest absolute Gasteiger partial charge is 0.325 e. The van der Waals surface area contributed by atoms with Gasteiger partial charge in [0.15, 0.2) is 0 Å². The van der Waals surface area contributed by atoms with Crippen molar-refractivity contribution in [2.75, 3.05) is 5.32 Å². The fourth-order valence-electron chi connectivity index (χ4n) is 2.49. The van der Waals surface area contributed by atoms with E-state index in [2.05, 4.69) is 21.2 Å². The highest BCUT2D eigenvalue weighted by Crippen LogP contribution is 2.40. The number of aryl methyl sites for hydroxylation is 1. The molecule has 2 aromatic rings. The van der Waals surface area contributed by atoms with Gasteiger partial charge in [-0.05, 0) is 29.7 Å². The lowest BCUT2D eigenvalue weighted by molar-refractivity contribution is -0.115. The molecule has 1 unspecified atom stereocenters. The number of rotatable bonds is 2. The van der Waals surface area contributed by atoms with E-state index in [1.54, 1.807) is 25.1 Å². The van der Waals surface area contributed by atoms with E-state index in [1.165, 1.54) is 0 Å². The molecule has 108 valence electrons. The minimum Gasteiger partial charge on any atom is -0.325 e. The Kier molecular flexibility index (Phi) is 3.76. The van der Waals surface area contributed by atoms with Crippen LogP contribution in [0.15, 0.2) is 30.3 Å². The maximum absolute atomic E-state index is 14.3. The fraction of sp³-hybridized carbons (Fsp3) is 0.188. The van der Waals surface area contributed by atoms with Crippen LogP contribution in [0.3, 0.4) is 0 Å². The first-order valence-corrected chi connectivity index (χ1v) is 7.78. The van der Waals surface area contributed by atoms with Crippen molar-refractivity contribution >= 4 is 39.1 Å². The number of nitrogens with one attached hydrogen (secondary N) is 1. The van der Waals surface area contributed by atoms with Crippen LogP contribution < -0.4 is 5.32 Å². The van der Waals surface area contributed by atoms with Gasteiger partial charge in [-0.3, -0.25) is 4.79 Å². The van der Waals surface area contributed by atoms with Crippen LogP contribution in [-0.2, 0) is 11.2 Å². The molecule has 3 rings (SSSR count). The number of carbonyl (C=O) groups is 1. The molecule has 1 aliphatic rings. The second-order valence-electron chi connectivity index (χ2n) is 5.10. The first kappa shape index (κ1) is 14.5. The lowest BCUT2D eigenvalue weighted by Crippen LogP contribution is -2.03. The predicted octanol–water partition coefficient (Wildman–Crippen LogP) is 4.77. The van der Waals surface area contributed by atoms with Crippen molar-refractivity contribution in [1.82, 2.24) is 0 Å². The Balaban J connectivity index is 2.06. The second kappa shape index (κ2) is 5.43. The van der Waals surface area contributed by atoms with E-state index >= 15 is 0 Å². The number of hydrogen-bond acceptors (Lipinski definition) is 1. The number of anilines is 1. The molecule has 0 radical (unpaired) electrons. The van der Waals surface area contributed by atoms with Gasteiger partial charge in [0.25, 0.3) is 0 Å². The molecule has 1 amide bonds. The monoisotopic (exact) mass is 367 g/mol. The summed E-state index contributed by atoms with van der Waals surface area (Å²) in [7, 11) is 0. The molecule has 2 nitrogen and oxygen atoms in total. The third-order valence-corrected chi connectivity index (χ3v) is 4.93. The number of fused-ring (bicyclic) bond motifs is 1. The van der Waals surface area contributed by atoms with Gasteiger partial charge in [-0.25, -0.2) is 4.39 Å². The number of amides is 1. The fourth-order valence-corrected chi connectivity index (χ4v) is 3.63. The van der Waals surface area contributed by atoms with Crippen LogP contribution in [0.2, 0.25) is 5.02 Å². The Labute approximate surface area is 135 Å². The molecule has 0 bridgehead atoms. The van der Waals surface area contributed by atoms with Crippen molar-refractivity contribution in [3.8, 4) is 0 Å². The maximum Gasteiger partial charge on any atom is 0.228 e. The zero-order valence-corrected chi connectivity index (χ0v) is 13.6. The van der Waals surface area contributed by atoms with Crippen LogP contribution in [0.25, 0.3) is 0 Å². The highest BCUT2D eigenvalue weighted by atomic mass is 79.9. The van der Waals surface area contributed by atoms with Crippen LogP contribution in [0.4, 0.5) is 10.1 Å². The number of halogens is 3. The van der Waals surface area contributed by atoms with Gasteiger partial charge in [0.1, 0.15) is 5.82 Å². The van der Waals surface area contributed by atoms with E-state index in [1.807, 2.05) is 12.1 Å². The first-order valence-electron chi connectivity index (χ1n) is 6.48. The summed E-state index contributed by atoms with van der Waals surface area (Å²) in [5.74, 6) is -0.295. The van der Waals surface area contributed by atoms with E-state index in [0.29, 0.717) is 22.6 Å². The predicted molar refractivity (Wildman–Crippen MR) is 85.7 cm³/mol. The average Bonchev–Trinajstić information content (AvgIpc) is 2.79. The van der Waals surface area contributed by atoms with Gasteiger partial charge < -0.3 is 5.32 Å². The maximum atomic E-state index is 14.3. The summed E-state index contributed by atoms with van der Waals surface area (Å²) in [6, 6.07) is 8.85. The van der Waals surface area contributed by atoms with E-state index in [9.17, 15) is 9.18 Å². The molecule has 21 heavy (non-hydrogen) atoms. The van der Waals surface area contributed by atoms with Gasteiger partial charge in [-0.15, -0.1) is 0 Å². The van der Waals surface area contributed by atoms with Crippen LogP contribution >= 0.6 is 27.5 Å². The van der Waals surface area contributed by atoms with Crippen molar-refractivity contribution in [3.63, 3.8) is 0 Å². The molecule has 5 heteroatoms. The van der Waals surface area contributed by atoms with Gasteiger partial charge in [-0.2, -0.15) is 0 Å². The number of benzene rings is 2. The van der Waals surface area contributed by atoms with Gasteiger partial charge in [-0.1, -0.05) is 51.8 Å². The zero-order chi connectivity index (χ0) is 15.1. The number of hydrogen-bond donors (Lipinski definition) is 1. The molecule has 0 fully saturated rings. The normalized spacial score (nSPS) is 14.8. The Hall–Kier alpha value is -1.39. The number of alkyl halides is 1. The molecule has 1 atom stereocenters. The lowest BCUT2D eigenvalue weighted by Gasteiger charge is -2.16.